The maximum absolute atomic E-state index is 13.9. The Morgan fingerprint density at radius 3 is 1.10 bits per heavy atom. The molecule has 0 aromatic rings. The average molecular weight is 1700 g/mol. The molecular weight excluding hydrogens is 1560 g/mol. The molecular formula is C72H131N10O33P. The maximum Gasteiger partial charge on any atom is 0.472 e. The van der Waals surface area contributed by atoms with E-state index in [0.29, 0.717) is 38.8 Å². The van der Waals surface area contributed by atoms with E-state index in [0.717, 1.165) is 57.8 Å². The van der Waals surface area contributed by atoms with Gasteiger partial charge in [0, 0.05) is 98.1 Å². The molecule has 672 valence electrons. The highest BCUT2D eigenvalue weighted by Crippen LogP contribution is 2.43. The van der Waals surface area contributed by atoms with Crippen LogP contribution in [0.3, 0.4) is 0 Å². The number of phosphoric acid groups is 1. The number of nitrogens with one attached hydrogen (secondary N) is 10. The largest absolute Gasteiger partial charge is 0.472 e. The number of rotatable bonds is 64. The first kappa shape index (κ1) is 104. The Hall–Kier alpha value is -5.95. The van der Waals surface area contributed by atoms with E-state index in [-0.39, 0.29) is 155 Å². The van der Waals surface area contributed by atoms with Crippen LogP contribution in [-0.2, 0) is 104 Å². The third-order valence-corrected chi connectivity index (χ3v) is 19.7. The van der Waals surface area contributed by atoms with Gasteiger partial charge in [0.05, 0.1) is 92.5 Å². The summed E-state index contributed by atoms with van der Waals surface area (Å²) in [5.74, 6) is -5.80. The predicted molar refractivity (Wildman–Crippen MR) is 406 cm³/mol. The summed E-state index contributed by atoms with van der Waals surface area (Å²) in [5, 5.41) is 127. The van der Waals surface area contributed by atoms with E-state index in [1.54, 1.807) is 6.92 Å². The van der Waals surface area contributed by atoms with Crippen molar-refractivity contribution in [3.05, 3.63) is 0 Å². The van der Waals surface area contributed by atoms with Crippen LogP contribution in [0, 0.1) is 5.92 Å². The molecule has 116 heavy (non-hydrogen) atoms. The fourth-order valence-electron chi connectivity index (χ4n) is 12.4. The normalized spacial score (nSPS) is 24.6. The Bertz CT molecular complexity index is 2890. The van der Waals surface area contributed by atoms with Crippen molar-refractivity contribution in [3.63, 3.8) is 0 Å². The molecule has 3 aliphatic heterocycles. The fourth-order valence-corrected chi connectivity index (χ4v) is 13.2. The summed E-state index contributed by atoms with van der Waals surface area (Å²) in [6.07, 6.45) is -7.60. The Morgan fingerprint density at radius 1 is 0.379 bits per heavy atom. The second kappa shape index (κ2) is 60.5. The summed E-state index contributed by atoms with van der Waals surface area (Å²) in [7, 11) is -4.14. The van der Waals surface area contributed by atoms with Crippen molar-refractivity contribution in [2.45, 2.75) is 260 Å². The van der Waals surface area contributed by atoms with Gasteiger partial charge in [0.25, 0.3) is 0 Å². The van der Waals surface area contributed by atoms with Gasteiger partial charge in [-0.1, -0.05) is 51.4 Å². The van der Waals surface area contributed by atoms with Gasteiger partial charge >= 0.3 is 7.82 Å². The van der Waals surface area contributed by atoms with Crippen molar-refractivity contribution < 1.29 is 160 Å². The molecule has 3 heterocycles. The number of hydrogen-bond acceptors (Lipinski definition) is 32. The van der Waals surface area contributed by atoms with Crippen molar-refractivity contribution in [1.29, 1.82) is 0 Å². The Kier molecular flexibility index (Phi) is 54.4. The van der Waals surface area contributed by atoms with Crippen LogP contribution in [0.1, 0.15) is 156 Å². The van der Waals surface area contributed by atoms with Gasteiger partial charge in [0.2, 0.25) is 59.1 Å². The summed E-state index contributed by atoms with van der Waals surface area (Å²) in [5.41, 5.74) is 0. The van der Waals surface area contributed by atoms with Crippen LogP contribution < -0.4 is 53.2 Å². The SMILES string of the molecule is CCOP(=O)(O)OCC(CO)CCCCNC(=O)CCCCCCCCCCCNC(=O)CCCC(=O)N[C@@H](CCC(=O)N[C@@H](CCC(=O)NCCOCCOC1OC(CO)C(O)C(O)C1NC(C)=O)C(=O)NCCOCCOC1OC(CO)C(O)C(O)C1NC(C)=O)C(=O)NCCOCCOC1OC(CO)C(O)C(O)C1NC(C)=O. The van der Waals surface area contributed by atoms with Gasteiger partial charge in [0.15, 0.2) is 18.9 Å². The molecule has 21 N–H and O–H groups in total. The number of aliphatic hydroxyl groups is 10. The minimum Gasteiger partial charge on any atom is -0.396 e. The highest BCUT2D eigenvalue weighted by atomic mass is 31.2. The first-order chi connectivity index (χ1) is 55.5. The van der Waals surface area contributed by atoms with E-state index in [1.807, 2.05) is 0 Å². The van der Waals surface area contributed by atoms with E-state index in [9.17, 15) is 108 Å². The molecule has 43 nitrogen and oxygen atoms in total. The van der Waals surface area contributed by atoms with Crippen LogP contribution >= 0.6 is 7.82 Å². The van der Waals surface area contributed by atoms with E-state index in [4.69, 9.17) is 47.2 Å². The molecule has 44 heteroatoms. The molecule has 3 rings (SSSR count). The molecule has 0 radical (unpaired) electrons. The minimum absolute atomic E-state index is 0.0147. The standard InChI is InChI=1S/C72H131N10O33P/c1-5-111-116(103,104)112-44-48(40-83)18-14-16-27-74-54(90)19-13-11-9-7-6-8-10-12-15-26-73-55(91)20-17-21-57(93)81-50(69(102)77-30-33-107-36-39-110-72-61(80-47(4)89)67(100)64(97)53(43-86)115-72)23-25-58(94)82-49(68(101)76-29-32-106-35-38-109-71-60(79-46(3)88)66(99)63(96)52(42-85)114-71)22-24-56(92)75-28-31-105-34-37-108-70-59(78-45(2)87)65(98)62(95)51(41-84)113-70/h48-53,59-67,70-72,83-86,95-100H,5-44H2,1-4H3,(H,73,91)(H,74,90)(H,75,92)(H,76,101)(H,77,102)(H,78,87)(H,79,88)(H,80,89)(H,81,93)(H,82,94)(H,103,104)/t48?,49-,50-,51?,52?,53?,59?,60?,61?,62?,63?,64?,65?,66?,67?,70?,71?,72?/m0/s1. The average Bonchev–Trinajstić information content (AvgIpc) is 0.819. The summed E-state index contributed by atoms with van der Waals surface area (Å²) in [6.45, 7) is 2.26. The Morgan fingerprint density at radius 2 is 0.716 bits per heavy atom. The summed E-state index contributed by atoms with van der Waals surface area (Å²) in [6, 6.07) is -6.34. The number of ether oxygens (including phenoxy) is 9. The van der Waals surface area contributed by atoms with Crippen LogP contribution in [-0.4, -0.2) is 351 Å². The fraction of sp³-hybridized carbons (Fsp3) is 0.861. The number of amides is 10. The van der Waals surface area contributed by atoms with Crippen molar-refractivity contribution in [2.24, 2.45) is 5.92 Å². The minimum atomic E-state index is -4.14. The van der Waals surface area contributed by atoms with Gasteiger partial charge in [-0.05, 0) is 51.9 Å². The number of carbonyl (C=O) groups is 10. The number of unbranched alkanes of at least 4 members (excludes halogenated alkanes) is 9. The molecule has 0 spiro atoms. The zero-order valence-electron chi connectivity index (χ0n) is 67.0. The van der Waals surface area contributed by atoms with Gasteiger partial charge in [-0.25, -0.2) is 4.57 Å². The molecule has 0 aromatic heterocycles. The Balaban J connectivity index is 1.56. The molecule has 3 fully saturated rings. The van der Waals surface area contributed by atoms with E-state index >= 15 is 0 Å². The van der Waals surface area contributed by atoms with E-state index in [2.05, 4.69) is 57.7 Å². The summed E-state index contributed by atoms with van der Waals surface area (Å²) >= 11 is 0. The molecule has 0 aromatic carbocycles. The lowest BCUT2D eigenvalue weighted by molar-refractivity contribution is -0.272. The summed E-state index contributed by atoms with van der Waals surface area (Å²) < 4.78 is 71.7. The third-order valence-electron chi connectivity index (χ3n) is 18.7. The monoisotopic (exact) mass is 1690 g/mol. The van der Waals surface area contributed by atoms with Crippen molar-refractivity contribution in [2.75, 3.05) is 132 Å². The maximum atomic E-state index is 13.9. The van der Waals surface area contributed by atoms with E-state index < -0.39 is 185 Å². The van der Waals surface area contributed by atoms with Crippen molar-refractivity contribution in [1.82, 2.24) is 53.2 Å². The lowest BCUT2D eigenvalue weighted by Crippen LogP contribution is -2.64. The predicted octanol–water partition coefficient (Wildman–Crippen LogP) is -5.97. The number of phosphoric ester groups is 1. The van der Waals surface area contributed by atoms with Crippen molar-refractivity contribution >= 4 is 66.9 Å². The van der Waals surface area contributed by atoms with E-state index in [1.165, 1.54) is 20.8 Å². The zero-order valence-corrected chi connectivity index (χ0v) is 67.9. The molecule has 0 aliphatic carbocycles. The van der Waals surface area contributed by atoms with Gasteiger partial charge in [-0.15, -0.1) is 0 Å². The molecule has 3 aliphatic rings. The van der Waals surface area contributed by atoms with Crippen LogP contribution in [0.4, 0.5) is 0 Å². The lowest BCUT2D eigenvalue weighted by Gasteiger charge is -2.42. The second-order valence-corrected chi connectivity index (χ2v) is 29.7. The second-order valence-electron chi connectivity index (χ2n) is 28.2. The van der Waals surface area contributed by atoms with Crippen LogP contribution in [0.5, 0.6) is 0 Å². The number of aliphatic hydroxyl groups excluding tert-OH is 10. The zero-order chi connectivity index (χ0) is 85.8. The molecule has 3 saturated heterocycles. The van der Waals surface area contributed by atoms with Crippen LogP contribution in [0.25, 0.3) is 0 Å². The quantitative estimate of drug-likeness (QED) is 0.0199. The first-order valence-electron chi connectivity index (χ1n) is 39.9. The molecule has 17 unspecified atom stereocenters. The van der Waals surface area contributed by atoms with Gasteiger partial charge in [-0.2, -0.15) is 0 Å². The number of carbonyl (C=O) groups excluding carboxylic acids is 10. The smallest absolute Gasteiger partial charge is 0.396 e. The molecule has 19 atom stereocenters. The highest BCUT2D eigenvalue weighted by Gasteiger charge is 2.48. The summed E-state index contributed by atoms with van der Waals surface area (Å²) in [4.78, 5) is 138. The third kappa shape index (κ3) is 43.3. The Labute approximate surface area is 675 Å². The van der Waals surface area contributed by atoms with Crippen LogP contribution in [0.2, 0.25) is 0 Å². The highest BCUT2D eigenvalue weighted by molar-refractivity contribution is 7.47. The topological polar surface area (TPSA) is 632 Å². The molecule has 0 saturated carbocycles. The van der Waals surface area contributed by atoms with Crippen molar-refractivity contribution in [3.8, 4) is 0 Å². The van der Waals surface area contributed by atoms with Gasteiger partial charge in [-0.3, -0.25) is 57.0 Å². The molecule has 10 amide bonds. The van der Waals surface area contributed by atoms with Gasteiger partial charge < -0.3 is 152 Å². The van der Waals surface area contributed by atoms with Crippen LogP contribution in [0.15, 0.2) is 0 Å². The lowest BCUT2D eigenvalue weighted by atomic mass is 9.97. The first-order valence-corrected chi connectivity index (χ1v) is 41.4. The molecule has 0 bridgehead atoms. The van der Waals surface area contributed by atoms with Gasteiger partial charge in [0.1, 0.15) is 85.1 Å². The number of hydrogen-bond donors (Lipinski definition) is 21.